The molecule has 0 saturated heterocycles. The van der Waals surface area contributed by atoms with Crippen LogP contribution in [0, 0.1) is 0 Å². The predicted octanol–water partition coefficient (Wildman–Crippen LogP) is 5.59. The van der Waals surface area contributed by atoms with Crippen molar-refractivity contribution in [3.8, 4) is 33.4 Å². The van der Waals surface area contributed by atoms with Gasteiger partial charge in [0.25, 0.3) is 0 Å². The molecule has 5 aromatic rings. The van der Waals surface area contributed by atoms with E-state index in [1.807, 2.05) is 54.7 Å². The van der Waals surface area contributed by atoms with Crippen LogP contribution in [0.25, 0.3) is 39.0 Å². The molecule has 0 amide bonds. The summed E-state index contributed by atoms with van der Waals surface area (Å²) in [5.74, 6) is 0.653. The summed E-state index contributed by atoms with van der Waals surface area (Å²) >= 11 is 14.0. The van der Waals surface area contributed by atoms with Gasteiger partial charge in [0, 0.05) is 48.1 Å². The van der Waals surface area contributed by atoms with E-state index in [4.69, 9.17) is 33.4 Å². The third kappa shape index (κ3) is 6.36. The smallest absolute Gasteiger partial charge is 0.165 e. The Balaban J connectivity index is 1.42. The van der Waals surface area contributed by atoms with Gasteiger partial charge < -0.3 is 20.8 Å². The molecule has 9 heteroatoms. The Morgan fingerprint density at radius 1 is 0.700 bits per heavy atom. The lowest BCUT2D eigenvalue weighted by molar-refractivity contribution is 0.286. The Kier molecular flexibility index (Phi) is 9.44. The highest BCUT2D eigenvalue weighted by Gasteiger charge is 2.16. The first kappa shape index (κ1) is 28.2. The fourth-order valence-corrected chi connectivity index (χ4v) is 5.29. The number of nitrogens with zero attached hydrogens (tertiary/aromatic N) is 3. The molecule has 4 N–H and O–H groups in total. The lowest BCUT2D eigenvalue weighted by Gasteiger charge is -2.14. The Labute approximate surface area is 243 Å². The highest BCUT2D eigenvalue weighted by Crippen LogP contribution is 2.42. The van der Waals surface area contributed by atoms with Crippen LogP contribution in [-0.4, -0.2) is 51.1 Å². The number of rotatable bonds is 12. The van der Waals surface area contributed by atoms with Gasteiger partial charge in [-0.1, -0.05) is 83.9 Å². The van der Waals surface area contributed by atoms with Crippen molar-refractivity contribution in [3.05, 3.63) is 100 Å². The van der Waals surface area contributed by atoms with E-state index in [0.717, 1.165) is 52.9 Å². The SMILES string of the molecule is OCCCNCc1ccc(-c2cccc(-c3cccc(-c4ccn5nc(CNCCO)nc5c4)c3Cl)c2Cl)cc1. The van der Waals surface area contributed by atoms with Crippen molar-refractivity contribution in [2.75, 3.05) is 26.3 Å². The summed E-state index contributed by atoms with van der Waals surface area (Å²) in [5, 5.41) is 30.1. The number of aliphatic hydroxyl groups excluding tert-OH is 2. The average Bonchev–Trinajstić information content (AvgIpc) is 3.38. The van der Waals surface area contributed by atoms with Crippen molar-refractivity contribution >= 4 is 28.8 Å². The number of aromatic nitrogens is 3. The molecule has 0 unspecified atom stereocenters. The summed E-state index contributed by atoms with van der Waals surface area (Å²) in [5.41, 5.74) is 7.37. The normalized spacial score (nSPS) is 11.4. The van der Waals surface area contributed by atoms with Crippen LogP contribution in [0.15, 0.2) is 79.0 Å². The molecular weight excluding hydrogens is 545 g/mol. The van der Waals surface area contributed by atoms with Crippen molar-refractivity contribution in [1.82, 2.24) is 25.2 Å². The quantitative estimate of drug-likeness (QED) is 0.145. The molecule has 0 aliphatic rings. The van der Waals surface area contributed by atoms with E-state index in [2.05, 4.69) is 45.0 Å². The van der Waals surface area contributed by atoms with Crippen LogP contribution < -0.4 is 10.6 Å². The standard InChI is InChI=1S/C31H31Cl2N5O2/c32-30-24(22-10-8-21(9-11-22)19-34-13-3-16-39)4-1-6-26(30)27-7-2-5-25(31(27)33)23-12-15-38-29(18-23)36-28(37-38)20-35-14-17-40/h1-2,4-12,15,18,34-35,39-40H,3,13-14,16-17,19-20H2. The third-order valence-corrected chi connectivity index (χ3v) is 7.47. The van der Waals surface area contributed by atoms with Crippen molar-refractivity contribution in [1.29, 1.82) is 0 Å². The van der Waals surface area contributed by atoms with E-state index in [9.17, 15) is 0 Å². The number of hydrogen-bond acceptors (Lipinski definition) is 6. The lowest BCUT2D eigenvalue weighted by Crippen LogP contribution is -2.18. The van der Waals surface area contributed by atoms with Gasteiger partial charge in [-0.2, -0.15) is 0 Å². The minimum absolute atomic E-state index is 0.0655. The van der Waals surface area contributed by atoms with Crippen LogP contribution in [0.1, 0.15) is 17.8 Å². The fourth-order valence-electron chi connectivity index (χ4n) is 4.61. The van der Waals surface area contributed by atoms with Crippen molar-refractivity contribution < 1.29 is 10.2 Å². The van der Waals surface area contributed by atoms with E-state index in [-0.39, 0.29) is 13.2 Å². The number of aliphatic hydroxyl groups is 2. The minimum Gasteiger partial charge on any atom is -0.396 e. The maximum Gasteiger partial charge on any atom is 0.165 e. The largest absolute Gasteiger partial charge is 0.396 e. The average molecular weight is 577 g/mol. The predicted molar refractivity (Wildman–Crippen MR) is 162 cm³/mol. The molecule has 0 aliphatic heterocycles. The first-order valence-electron chi connectivity index (χ1n) is 13.2. The summed E-state index contributed by atoms with van der Waals surface area (Å²) in [4.78, 5) is 4.60. The van der Waals surface area contributed by atoms with Gasteiger partial charge in [0.05, 0.1) is 23.2 Å². The van der Waals surface area contributed by atoms with E-state index >= 15 is 0 Å². The molecule has 0 radical (unpaired) electrons. The molecule has 0 atom stereocenters. The van der Waals surface area contributed by atoms with Gasteiger partial charge in [-0.25, -0.2) is 9.50 Å². The molecule has 0 saturated carbocycles. The number of benzene rings is 3. The second-order valence-corrected chi connectivity index (χ2v) is 10.2. The Hall–Kier alpha value is -3.30. The zero-order valence-electron chi connectivity index (χ0n) is 21.9. The van der Waals surface area contributed by atoms with E-state index in [0.29, 0.717) is 34.6 Å². The minimum atomic E-state index is 0.0655. The van der Waals surface area contributed by atoms with Gasteiger partial charge >= 0.3 is 0 Å². The number of halogens is 2. The molecule has 0 fully saturated rings. The molecule has 7 nitrogen and oxygen atoms in total. The molecule has 0 bridgehead atoms. The number of hydrogen-bond donors (Lipinski definition) is 4. The van der Waals surface area contributed by atoms with Crippen molar-refractivity contribution in [2.45, 2.75) is 19.5 Å². The molecule has 40 heavy (non-hydrogen) atoms. The first-order chi connectivity index (χ1) is 19.6. The summed E-state index contributed by atoms with van der Waals surface area (Å²) in [6, 6.07) is 24.2. The van der Waals surface area contributed by atoms with Crippen LogP contribution in [0.4, 0.5) is 0 Å². The monoisotopic (exact) mass is 575 g/mol. The van der Waals surface area contributed by atoms with Crippen LogP contribution >= 0.6 is 23.2 Å². The maximum atomic E-state index is 8.98. The number of nitrogens with one attached hydrogen (secondary N) is 2. The molecule has 0 aliphatic carbocycles. The van der Waals surface area contributed by atoms with Gasteiger partial charge in [-0.15, -0.1) is 5.10 Å². The van der Waals surface area contributed by atoms with E-state index in [1.165, 1.54) is 5.56 Å². The highest BCUT2D eigenvalue weighted by atomic mass is 35.5. The lowest BCUT2D eigenvalue weighted by atomic mass is 9.95. The van der Waals surface area contributed by atoms with Crippen LogP contribution in [0.3, 0.4) is 0 Å². The summed E-state index contributed by atoms with van der Waals surface area (Å²) < 4.78 is 1.73. The first-order valence-corrected chi connectivity index (χ1v) is 14.0. The molecule has 5 rings (SSSR count). The zero-order chi connectivity index (χ0) is 27.9. The Morgan fingerprint density at radius 3 is 2.02 bits per heavy atom. The zero-order valence-corrected chi connectivity index (χ0v) is 23.5. The molecule has 3 aromatic carbocycles. The highest BCUT2D eigenvalue weighted by molar-refractivity contribution is 6.39. The van der Waals surface area contributed by atoms with Crippen LogP contribution in [0.5, 0.6) is 0 Å². The molecule has 0 spiro atoms. The second kappa shape index (κ2) is 13.4. The Bertz CT molecular complexity index is 1590. The summed E-state index contributed by atoms with van der Waals surface area (Å²) in [6.45, 7) is 2.75. The van der Waals surface area contributed by atoms with E-state index in [1.54, 1.807) is 4.52 Å². The van der Waals surface area contributed by atoms with Crippen molar-refractivity contribution in [3.63, 3.8) is 0 Å². The second-order valence-electron chi connectivity index (χ2n) is 9.43. The molecule has 206 valence electrons. The molecular formula is C31H31Cl2N5O2. The van der Waals surface area contributed by atoms with E-state index < -0.39 is 0 Å². The number of fused-ring (bicyclic) bond motifs is 1. The summed E-state index contributed by atoms with van der Waals surface area (Å²) in [7, 11) is 0. The molecule has 2 heterocycles. The van der Waals surface area contributed by atoms with Gasteiger partial charge in [-0.05, 0) is 41.8 Å². The molecule has 2 aromatic heterocycles. The summed E-state index contributed by atoms with van der Waals surface area (Å²) in [6.07, 6.45) is 2.61. The topological polar surface area (TPSA) is 94.7 Å². The fraction of sp³-hybridized carbons (Fsp3) is 0.226. The maximum absolute atomic E-state index is 8.98. The van der Waals surface area contributed by atoms with Crippen molar-refractivity contribution in [2.24, 2.45) is 0 Å². The van der Waals surface area contributed by atoms with Crippen LogP contribution in [-0.2, 0) is 13.1 Å². The van der Waals surface area contributed by atoms with Gasteiger partial charge in [0.15, 0.2) is 11.5 Å². The van der Waals surface area contributed by atoms with Crippen LogP contribution in [0.2, 0.25) is 10.0 Å². The van der Waals surface area contributed by atoms with Gasteiger partial charge in [0.2, 0.25) is 0 Å². The Morgan fingerprint density at radius 2 is 1.35 bits per heavy atom. The van der Waals surface area contributed by atoms with Gasteiger partial charge in [-0.3, -0.25) is 0 Å². The third-order valence-electron chi connectivity index (χ3n) is 6.66. The van der Waals surface area contributed by atoms with Gasteiger partial charge in [0.1, 0.15) is 0 Å². The number of pyridine rings is 1.